The van der Waals surface area contributed by atoms with Gasteiger partial charge >= 0.3 is 0 Å². The molecule has 2 aromatic carbocycles. The molecule has 3 aromatic rings. The van der Waals surface area contributed by atoms with Gasteiger partial charge in [0.05, 0.1) is 12.2 Å². The molecule has 3 rings (SSSR count). The second-order valence-corrected chi connectivity index (χ2v) is 8.06. The molecule has 0 aliphatic carbocycles. The summed E-state index contributed by atoms with van der Waals surface area (Å²) in [6.45, 7) is 6.66. The minimum Gasteiger partial charge on any atom is -0.326 e. The summed E-state index contributed by atoms with van der Waals surface area (Å²) in [6, 6.07) is 15.4. The van der Waals surface area contributed by atoms with E-state index >= 15 is 0 Å². The fraction of sp³-hybridized carbons (Fsp3) is 0.304. The van der Waals surface area contributed by atoms with E-state index in [0.717, 1.165) is 23.4 Å². The average Bonchev–Trinajstić information content (AvgIpc) is 3.15. The van der Waals surface area contributed by atoms with Crippen molar-refractivity contribution in [3.63, 3.8) is 0 Å². The van der Waals surface area contributed by atoms with E-state index in [1.165, 1.54) is 17.3 Å². The van der Waals surface area contributed by atoms with Gasteiger partial charge in [0.2, 0.25) is 11.8 Å². The van der Waals surface area contributed by atoms with Crippen LogP contribution in [0.5, 0.6) is 0 Å². The summed E-state index contributed by atoms with van der Waals surface area (Å²) in [5.74, 6) is 0.517. The van der Waals surface area contributed by atoms with E-state index in [-0.39, 0.29) is 24.0 Å². The highest BCUT2D eigenvalue weighted by Gasteiger charge is 2.16. The van der Waals surface area contributed by atoms with Gasteiger partial charge in [-0.2, -0.15) is 0 Å². The summed E-state index contributed by atoms with van der Waals surface area (Å²) >= 11 is 1.31. The van der Waals surface area contributed by atoms with Crippen LogP contribution in [0.4, 0.5) is 11.4 Å². The van der Waals surface area contributed by atoms with Crippen molar-refractivity contribution in [2.45, 2.75) is 45.3 Å². The number of amides is 2. The van der Waals surface area contributed by atoms with Crippen LogP contribution >= 0.6 is 11.8 Å². The lowest BCUT2D eigenvalue weighted by molar-refractivity contribution is -0.116. The number of nitrogens with one attached hydrogen (secondary N) is 2. The van der Waals surface area contributed by atoms with Crippen LogP contribution in [0.1, 0.15) is 30.8 Å². The number of carbonyl (C=O) groups is 2. The first kappa shape index (κ1) is 22.6. The Morgan fingerprint density at radius 1 is 0.903 bits per heavy atom. The monoisotopic (exact) mass is 437 g/mol. The molecule has 162 valence electrons. The molecule has 2 N–H and O–H groups in total. The van der Waals surface area contributed by atoms with E-state index in [1.54, 1.807) is 0 Å². The smallest absolute Gasteiger partial charge is 0.234 e. The minimum atomic E-state index is -0.157. The van der Waals surface area contributed by atoms with Gasteiger partial charge in [0, 0.05) is 17.9 Å². The maximum atomic E-state index is 12.4. The van der Waals surface area contributed by atoms with Crippen molar-refractivity contribution in [3.8, 4) is 0 Å². The van der Waals surface area contributed by atoms with Crippen LogP contribution in [0.2, 0.25) is 0 Å². The summed E-state index contributed by atoms with van der Waals surface area (Å²) < 4.78 is 1.86. The molecule has 0 saturated heterocycles. The fourth-order valence-corrected chi connectivity index (χ4v) is 3.83. The number of anilines is 2. The second-order valence-electron chi connectivity index (χ2n) is 7.12. The first-order valence-corrected chi connectivity index (χ1v) is 11.3. The van der Waals surface area contributed by atoms with E-state index < -0.39 is 0 Å². The first-order valence-electron chi connectivity index (χ1n) is 10.3. The van der Waals surface area contributed by atoms with Gasteiger partial charge in [-0.05, 0) is 50.1 Å². The highest BCUT2D eigenvalue weighted by molar-refractivity contribution is 7.99. The van der Waals surface area contributed by atoms with Crippen molar-refractivity contribution in [3.05, 3.63) is 65.5 Å². The molecule has 0 fully saturated rings. The van der Waals surface area contributed by atoms with Gasteiger partial charge in [-0.25, -0.2) is 0 Å². The Labute approximate surface area is 186 Å². The Bertz CT molecular complexity index is 1030. The van der Waals surface area contributed by atoms with Gasteiger partial charge in [-0.3, -0.25) is 9.59 Å². The van der Waals surface area contributed by atoms with Crippen molar-refractivity contribution in [2.24, 2.45) is 0 Å². The Morgan fingerprint density at radius 2 is 1.52 bits per heavy atom. The number of carbonyl (C=O) groups excluding carboxylic acids is 2. The lowest BCUT2D eigenvalue weighted by atomic mass is 10.1. The second kappa shape index (κ2) is 10.8. The Hall–Kier alpha value is -3.13. The standard InChI is InChI=1S/C23H27N5O2S/c1-4-17-8-12-19(13-9-17)25-22(30)15-31-23-27-26-20(28(23)5-2)14-21(29)24-18-10-6-16(3)7-11-18/h6-13H,4-5,14-15H2,1-3H3,(H,24,29)(H,25,30). The number of benzene rings is 2. The summed E-state index contributed by atoms with van der Waals surface area (Å²) in [5, 5.41) is 14.7. The van der Waals surface area contributed by atoms with Crippen molar-refractivity contribution in [1.29, 1.82) is 0 Å². The number of aromatic nitrogens is 3. The molecule has 0 unspecified atom stereocenters. The zero-order valence-corrected chi connectivity index (χ0v) is 18.8. The van der Waals surface area contributed by atoms with Crippen molar-refractivity contribution < 1.29 is 9.59 Å². The van der Waals surface area contributed by atoms with Crippen LogP contribution in [0.25, 0.3) is 0 Å². The number of thioether (sulfide) groups is 1. The highest BCUT2D eigenvalue weighted by Crippen LogP contribution is 2.19. The summed E-state index contributed by atoms with van der Waals surface area (Å²) in [5.41, 5.74) is 3.87. The van der Waals surface area contributed by atoms with Crippen LogP contribution in [-0.4, -0.2) is 32.3 Å². The van der Waals surface area contributed by atoms with Gasteiger partial charge in [-0.15, -0.1) is 10.2 Å². The van der Waals surface area contributed by atoms with Crippen LogP contribution in [-0.2, 0) is 29.0 Å². The number of hydrogen-bond donors (Lipinski definition) is 2. The maximum Gasteiger partial charge on any atom is 0.234 e. The fourth-order valence-electron chi connectivity index (χ4n) is 3.01. The zero-order chi connectivity index (χ0) is 22.2. The summed E-state index contributed by atoms with van der Waals surface area (Å²) in [4.78, 5) is 24.7. The molecule has 0 saturated carbocycles. The van der Waals surface area contributed by atoms with Crippen molar-refractivity contribution >= 4 is 35.0 Å². The Morgan fingerprint density at radius 3 is 2.13 bits per heavy atom. The number of hydrogen-bond acceptors (Lipinski definition) is 5. The van der Waals surface area contributed by atoms with Crippen molar-refractivity contribution in [1.82, 2.24) is 14.8 Å². The van der Waals surface area contributed by atoms with Gasteiger partial charge in [0.15, 0.2) is 5.16 Å². The third kappa shape index (κ3) is 6.42. The molecule has 0 aliphatic rings. The van der Waals surface area contributed by atoms with Crippen LogP contribution < -0.4 is 10.6 Å². The summed E-state index contributed by atoms with van der Waals surface area (Å²) in [6.07, 6.45) is 1.08. The highest BCUT2D eigenvalue weighted by atomic mass is 32.2. The molecule has 0 aliphatic heterocycles. The molecular weight excluding hydrogens is 410 g/mol. The minimum absolute atomic E-state index is 0.112. The molecule has 8 heteroatoms. The summed E-state index contributed by atoms with van der Waals surface area (Å²) in [7, 11) is 0. The average molecular weight is 438 g/mol. The lowest BCUT2D eigenvalue weighted by Crippen LogP contribution is -2.18. The molecule has 7 nitrogen and oxygen atoms in total. The number of rotatable bonds is 9. The third-order valence-electron chi connectivity index (χ3n) is 4.74. The normalized spacial score (nSPS) is 10.7. The molecule has 0 radical (unpaired) electrons. The SMILES string of the molecule is CCc1ccc(NC(=O)CSc2nnc(CC(=O)Nc3ccc(C)cc3)n2CC)cc1. The third-order valence-corrected chi connectivity index (χ3v) is 5.71. The van der Waals surface area contributed by atoms with Gasteiger partial charge < -0.3 is 15.2 Å². The predicted molar refractivity (Wildman–Crippen MR) is 124 cm³/mol. The van der Waals surface area contributed by atoms with E-state index in [4.69, 9.17) is 0 Å². The maximum absolute atomic E-state index is 12.4. The molecule has 0 atom stereocenters. The van der Waals surface area contributed by atoms with Gasteiger partial charge in [-0.1, -0.05) is 48.5 Å². The van der Waals surface area contributed by atoms with Crippen LogP contribution in [0, 0.1) is 6.92 Å². The lowest BCUT2D eigenvalue weighted by Gasteiger charge is -2.09. The molecule has 0 spiro atoms. The molecule has 31 heavy (non-hydrogen) atoms. The van der Waals surface area contributed by atoms with Crippen molar-refractivity contribution in [2.75, 3.05) is 16.4 Å². The molecule has 1 heterocycles. The zero-order valence-electron chi connectivity index (χ0n) is 18.0. The largest absolute Gasteiger partial charge is 0.326 e. The number of aryl methyl sites for hydroxylation is 2. The van der Waals surface area contributed by atoms with Crippen LogP contribution in [0.15, 0.2) is 53.7 Å². The predicted octanol–water partition coefficient (Wildman–Crippen LogP) is 4.08. The van der Waals surface area contributed by atoms with E-state index in [0.29, 0.717) is 17.5 Å². The van der Waals surface area contributed by atoms with E-state index in [1.807, 2.05) is 66.9 Å². The molecular formula is C23H27N5O2S. The molecule has 1 aromatic heterocycles. The van der Waals surface area contributed by atoms with Crippen LogP contribution in [0.3, 0.4) is 0 Å². The Balaban J connectivity index is 1.55. The Kier molecular flexibility index (Phi) is 7.83. The van der Waals surface area contributed by atoms with E-state index in [2.05, 4.69) is 27.8 Å². The van der Waals surface area contributed by atoms with Gasteiger partial charge in [0.25, 0.3) is 0 Å². The molecule has 0 bridgehead atoms. The van der Waals surface area contributed by atoms with Gasteiger partial charge in [0.1, 0.15) is 5.82 Å². The first-order chi connectivity index (χ1) is 15.0. The van der Waals surface area contributed by atoms with E-state index in [9.17, 15) is 9.59 Å². The molecule has 2 amide bonds. The quantitative estimate of drug-likeness (QED) is 0.493. The number of nitrogens with zero attached hydrogens (tertiary/aromatic N) is 3. The topological polar surface area (TPSA) is 88.9 Å².